The molecular weight excluding hydrogens is 256 g/mol. The minimum Gasteiger partial charge on any atom is -0.494 e. The van der Waals surface area contributed by atoms with Gasteiger partial charge in [-0.15, -0.1) is 0 Å². The van der Waals surface area contributed by atoms with Crippen LogP contribution >= 0.6 is 0 Å². The van der Waals surface area contributed by atoms with Gasteiger partial charge in [0, 0.05) is 6.42 Å². The van der Waals surface area contributed by atoms with Crippen molar-refractivity contribution in [3.8, 4) is 5.75 Å². The summed E-state index contributed by atoms with van der Waals surface area (Å²) in [7, 11) is 0. The minimum atomic E-state index is -0.667. The molecule has 0 saturated heterocycles. The van der Waals surface area contributed by atoms with Gasteiger partial charge in [-0.05, 0) is 37.8 Å². The van der Waals surface area contributed by atoms with Crippen molar-refractivity contribution in [2.75, 3.05) is 13.2 Å². The Morgan fingerprint density at radius 2 is 1.80 bits per heavy atom. The van der Waals surface area contributed by atoms with E-state index in [1.807, 2.05) is 30.3 Å². The second-order valence-electron chi connectivity index (χ2n) is 5.20. The van der Waals surface area contributed by atoms with Gasteiger partial charge in [0.05, 0.1) is 25.2 Å². The van der Waals surface area contributed by atoms with Crippen molar-refractivity contribution in [1.82, 2.24) is 0 Å². The summed E-state index contributed by atoms with van der Waals surface area (Å²) in [4.78, 5) is 10.8. The quantitative estimate of drug-likeness (QED) is 0.779. The maximum absolute atomic E-state index is 10.8. The van der Waals surface area contributed by atoms with Crippen LogP contribution in [0.3, 0.4) is 0 Å². The SMILES string of the molecule is O=C(O)C1CCC(OCCCOc2ccccc2)CC1. The van der Waals surface area contributed by atoms with Gasteiger partial charge in [-0.25, -0.2) is 0 Å². The molecule has 110 valence electrons. The molecule has 0 heterocycles. The van der Waals surface area contributed by atoms with Gasteiger partial charge >= 0.3 is 5.97 Å². The largest absolute Gasteiger partial charge is 0.494 e. The Bertz CT molecular complexity index is 396. The van der Waals surface area contributed by atoms with Crippen LogP contribution in [0.2, 0.25) is 0 Å². The van der Waals surface area contributed by atoms with E-state index >= 15 is 0 Å². The number of ether oxygens (including phenoxy) is 2. The van der Waals surface area contributed by atoms with Crippen LogP contribution in [0.15, 0.2) is 30.3 Å². The van der Waals surface area contributed by atoms with Crippen LogP contribution < -0.4 is 4.74 Å². The normalized spacial score (nSPS) is 22.4. The average molecular weight is 278 g/mol. The molecule has 0 spiro atoms. The van der Waals surface area contributed by atoms with E-state index < -0.39 is 5.97 Å². The van der Waals surface area contributed by atoms with Crippen LogP contribution in [-0.4, -0.2) is 30.4 Å². The molecule has 0 aromatic heterocycles. The first-order valence-corrected chi connectivity index (χ1v) is 7.28. The molecule has 2 rings (SSSR count). The highest BCUT2D eigenvalue weighted by Gasteiger charge is 2.25. The molecule has 1 N–H and O–H groups in total. The lowest BCUT2D eigenvalue weighted by molar-refractivity contribution is -0.143. The molecule has 4 nitrogen and oxygen atoms in total. The first-order chi connectivity index (χ1) is 9.75. The van der Waals surface area contributed by atoms with Crippen LogP contribution in [0.4, 0.5) is 0 Å². The number of para-hydroxylation sites is 1. The second-order valence-corrected chi connectivity index (χ2v) is 5.20. The highest BCUT2D eigenvalue weighted by atomic mass is 16.5. The lowest BCUT2D eigenvalue weighted by Gasteiger charge is -2.26. The molecule has 0 amide bonds. The molecule has 1 saturated carbocycles. The molecule has 0 aliphatic heterocycles. The molecule has 1 aliphatic rings. The number of carbonyl (C=O) groups is 1. The summed E-state index contributed by atoms with van der Waals surface area (Å²) in [5.41, 5.74) is 0. The first kappa shape index (κ1) is 14.9. The van der Waals surface area contributed by atoms with Gasteiger partial charge in [-0.2, -0.15) is 0 Å². The maximum Gasteiger partial charge on any atom is 0.306 e. The molecule has 1 aromatic carbocycles. The van der Waals surface area contributed by atoms with Crippen molar-refractivity contribution in [1.29, 1.82) is 0 Å². The molecule has 0 unspecified atom stereocenters. The first-order valence-electron chi connectivity index (χ1n) is 7.28. The average Bonchev–Trinajstić information content (AvgIpc) is 2.48. The highest BCUT2D eigenvalue weighted by molar-refractivity contribution is 5.70. The fourth-order valence-electron chi connectivity index (χ4n) is 2.49. The Morgan fingerprint density at radius 1 is 1.10 bits per heavy atom. The Balaban J connectivity index is 1.53. The van der Waals surface area contributed by atoms with Crippen LogP contribution in [-0.2, 0) is 9.53 Å². The van der Waals surface area contributed by atoms with Gasteiger partial charge in [0.25, 0.3) is 0 Å². The van der Waals surface area contributed by atoms with E-state index in [4.69, 9.17) is 14.6 Å². The third-order valence-electron chi connectivity index (χ3n) is 3.68. The number of carboxylic acid groups (broad SMARTS) is 1. The van der Waals surface area contributed by atoms with E-state index in [1.165, 1.54) is 0 Å². The lowest BCUT2D eigenvalue weighted by Crippen LogP contribution is -2.26. The van der Waals surface area contributed by atoms with E-state index in [0.717, 1.165) is 37.9 Å². The summed E-state index contributed by atoms with van der Waals surface area (Å²) in [6.07, 6.45) is 4.27. The number of hydrogen-bond acceptors (Lipinski definition) is 3. The third kappa shape index (κ3) is 4.85. The van der Waals surface area contributed by atoms with Crippen molar-refractivity contribution < 1.29 is 19.4 Å². The smallest absolute Gasteiger partial charge is 0.306 e. The maximum atomic E-state index is 10.8. The van der Waals surface area contributed by atoms with Crippen molar-refractivity contribution in [2.45, 2.75) is 38.2 Å². The molecule has 0 bridgehead atoms. The zero-order chi connectivity index (χ0) is 14.2. The number of aliphatic carboxylic acids is 1. The van der Waals surface area contributed by atoms with Crippen molar-refractivity contribution >= 4 is 5.97 Å². The molecule has 1 aromatic rings. The lowest BCUT2D eigenvalue weighted by atomic mass is 9.87. The Labute approximate surface area is 119 Å². The molecular formula is C16H22O4. The van der Waals surface area contributed by atoms with E-state index in [-0.39, 0.29) is 12.0 Å². The highest BCUT2D eigenvalue weighted by Crippen LogP contribution is 2.26. The number of rotatable bonds is 7. The van der Waals surface area contributed by atoms with E-state index in [9.17, 15) is 4.79 Å². The summed E-state index contributed by atoms with van der Waals surface area (Å²) in [6, 6.07) is 9.74. The van der Waals surface area contributed by atoms with Gasteiger partial charge in [-0.1, -0.05) is 18.2 Å². The fourth-order valence-corrected chi connectivity index (χ4v) is 2.49. The van der Waals surface area contributed by atoms with Gasteiger partial charge in [0.1, 0.15) is 5.75 Å². The van der Waals surface area contributed by atoms with Crippen LogP contribution in [0, 0.1) is 5.92 Å². The second kappa shape index (κ2) is 7.90. The topological polar surface area (TPSA) is 55.8 Å². The van der Waals surface area contributed by atoms with Crippen LogP contribution in [0.25, 0.3) is 0 Å². The summed E-state index contributed by atoms with van der Waals surface area (Å²) < 4.78 is 11.4. The number of hydrogen-bond donors (Lipinski definition) is 1. The van der Waals surface area contributed by atoms with Crippen LogP contribution in [0.5, 0.6) is 5.75 Å². The van der Waals surface area contributed by atoms with Gasteiger partial charge < -0.3 is 14.6 Å². The predicted molar refractivity (Wildman–Crippen MR) is 75.9 cm³/mol. The molecule has 1 fully saturated rings. The Morgan fingerprint density at radius 3 is 2.45 bits per heavy atom. The fraction of sp³-hybridized carbons (Fsp3) is 0.562. The molecule has 20 heavy (non-hydrogen) atoms. The molecule has 0 radical (unpaired) electrons. The van der Waals surface area contributed by atoms with Crippen molar-refractivity contribution in [2.24, 2.45) is 5.92 Å². The minimum absolute atomic E-state index is 0.170. The zero-order valence-corrected chi connectivity index (χ0v) is 11.7. The van der Waals surface area contributed by atoms with E-state index in [1.54, 1.807) is 0 Å². The summed E-state index contributed by atoms with van der Waals surface area (Å²) in [6.45, 7) is 1.32. The van der Waals surface area contributed by atoms with Crippen molar-refractivity contribution in [3.05, 3.63) is 30.3 Å². The standard InChI is InChI=1S/C16H22O4/c17-16(18)13-7-9-15(10-8-13)20-12-4-11-19-14-5-2-1-3-6-14/h1-3,5-6,13,15H,4,7-12H2,(H,17,18). The molecule has 1 aliphatic carbocycles. The van der Waals surface area contributed by atoms with Gasteiger partial charge in [0.15, 0.2) is 0 Å². The monoisotopic (exact) mass is 278 g/mol. The summed E-state index contributed by atoms with van der Waals surface area (Å²) in [5, 5.41) is 8.92. The Kier molecular flexibility index (Phi) is 5.87. The van der Waals surface area contributed by atoms with E-state index in [2.05, 4.69) is 0 Å². The summed E-state index contributed by atoms with van der Waals surface area (Å²) >= 11 is 0. The van der Waals surface area contributed by atoms with E-state index in [0.29, 0.717) is 13.2 Å². The molecule has 4 heteroatoms. The van der Waals surface area contributed by atoms with Crippen LogP contribution in [0.1, 0.15) is 32.1 Å². The van der Waals surface area contributed by atoms with Gasteiger partial charge in [-0.3, -0.25) is 4.79 Å². The zero-order valence-electron chi connectivity index (χ0n) is 11.7. The third-order valence-corrected chi connectivity index (χ3v) is 3.68. The number of carboxylic acids is 1. The molecule has 0 atom stereocenters. The predicted octanol–water partition coefficient (Wildman–Crippen LogP) is 3.12. The number of benzene rings is 1. The van der Waals surface area contributed by atoms with Crippen molar-refractivity contribution in [3.63, 3.8) is 0 Å². The van der Waals surface area contributed by atoms with Gasteiger partial charge in [0.2, 0.25) is 0 Å². The summed E-state index contributed by atoms with van der Waals surface area (Å²) in [5.74, 6) is 0.0467. The Hall–Kier alpha value is -1.55.